The van der Waals surface area contributed by atoms with Gasteiger partial charge in [0.25, 0.3) is 0 Å². The Balaban J connectivity index is 1.15. The first kappa shape index (κ1) is 34.8. The van der Waals surface area contributed by atoms with Crippen LogP contribution in [0, 0.1) is 0 Å². The maximum Gasteiger partial charge on any atom is 0.0720 e. The van der Waals surface area contributed by atoms with Gasteiger partial charge in [0, 0.05) is 22.5 Å². The van der Waals surface area contributed by atoms with E-state index in [4.69, 9.17) is 0 Å². The third-order valence-corrected chi connectivity index (χ3v) is 14.0. The molecular weight excluding hydrogens is 723 g/mol. The SMILES string of the molecule is CC1(C)c2ccccc2-c2ccc(N(c3ccccc3)c3ccc4c(c3)C3(c5ccccc5-4)c4ccccc4C(c4ccccc4)(c4ccccc4)c4ccccc43)cc21. The molecule has 0 bridgehead atoms. The van der Waals surface area contributed by atoms with Crippen LogP contribution < -0.4 is 4.90 Å². The average molecular weight is 766 g/mol. The molecule has 3 aliphatic carbocycles. The van der Waals surface area contributed by atoms with Gasteiger partial charge in [-0.2, -0.15) is 0 Å². The molecule has 0 fully saturated rings. The summed E-state index contributed by atoms with van der Waals surface area (Å²) >= 11 is 0. The number of para-hydroxylation sites is 1. The van der Waals surface area contributed by atoms with Crippen LogP contribution in [0.3, 0.4) is 0 Å². The molecule has 1 spiro atoms. The Bertz CT molecular complexity index is 3030. The minimum atomic E-state index is -0.577. The Kier molecular flexibility index (Phi) is 7.47. The van der Waals surface area contributed by atoms with Crippen molar-refractivity contribution in [2.75, 3.05) is 4.90 Å². The Labute approximate surface area is 352 Å². The monoisotopic (exact) mass is 765 g/mol. The zero-order valence-corrected chi connectivity index (χ0v) is 33.8. The second kappa shape index (κ2) is 12.9. The highest BCUT2D eigenvalue weighted by Gasteiger charge is 2.56. The molecule has 60 heavy (non-hydrogen) atoms. The van der Waals surface area contributed by atoms with Crippen LogP contribution in [0.5, 0.6) is 0 Å². The van der Waals surface area contributed by atoms with Crippen molar-refractivity contribution in [3.63, 3.8) is 0 Å². The lowest BCUT2D eigenvalue weighted by atomic mass is 9.51. The van der Waals surface area contributed by atoms with Crippen molar-refractivity contribution in [3.8, 4) is 22.3 Å². The topological polar surface area (TPSA) is 3.24 Å². The predicted octanol–water partition coefficient (Wildman–Crippen LogP) is 14.5. The number of anilines is 3. The molecule has 284 valence electrons. The molecule has 0 N–H and O–H groups in total. The summed E-state index contributed by atoms with van der Waals surface area (Å²) in [7, 11) is 0. The van der Waals surface area contributed by atoms with E-state index in [0.29, 0.717) is 0 Å². The molecule has 0 aliphatic heterocycles. The van der Waals surface area contributed by atoms with Crippen LogP contribution in [0.25, 0.3) is 22.3 Å². The molecular formula is C59H43N. The molecule has 9 aromatic rings. The Morgan fingerprint density at radius 1 is 0.267 bits per heavy atom. The van der Waals surface area contributed by atoms with Gasteiger partial charge in [-0.15, -0.1) is 0 Å². The van der Waals surface area contributed by atoms with Crippen LogP contribution in [0.15, 0.2) is 224 Å². The number of hydrogen-bond donors (Lipinski definition) is 0. The van der Waals surface area contributed by atoms with Crippen LogP contribution in [0.1, 0.15) is 69.5 Å². The maximum absolute atomic E-state index is 2.51. The van der Waals surface area contributed by atoms with Gasteiger partial charge in [-0.1, -0.05) is 202 Å². The highest BCUT2D eigenvalue weighted by atomic mass is 15.1. The van der Waals surface area contributed by atoms with Crippen molar-refractivity contribution in [1.82, 2.24) is 0 Å². The van der Waals surface area contributed by atoms with Crippen molar-refractivity contribution in [1.29, 1.82) is 0 Å². The minimum Gasteiger partial charge on any atom is -0.310 e. The van der Waals surface area contributed by atoms with E-state index in [0.717, 1.165) is 17.1 Å². The van der Waals surface area contributed by atoms with E-state index in [1.807, 2.05) is 0 Å². The van der Waals surface area contributed by atoms with E-state index in [9.17, 15) is 0 Å². The van der Waals surface area contributed by atoms with E-state index in [2.05, 4.69) is 243 Å². The van der Waals surface area contributed by atoms with Crippen LogP contribution in [-0.2, 0) is 16.2 Å². The van der Waals surface area contributed by atoms with Crippen LogP contribution >= 0.6 is 0 Å². The number of fused-ring (bicyclic) bond motifs is 12. The fraction of sp³-hybridized carbons (Fsp3) is 0.0847. The summed E-state index contributed by atoms with van der Waals surface area (Å²) in [5.74, 6) is 0. The van der Waals surface area contributed by atoms with E-state index in [-0.39, 0.29) is 5.41 Å². The largest absolute Gasteiger partial charge is 0.310 e. The summed E-state index contributed by atoms with van der Waals surface area (Å²) in [6.45, 7) is 4.74. The molecule has 0 aromatic heterocycles. The molecule has 0 unspecified atom stereocenters. The van der Waals surface area contributed by atoms with Crippen LogP contribution in [0.4, 0.5) is 17.1 Å². The molecule has 9 aromatic carbocycles. The van der Waals surface area contributed by atoms with Crippen molar-refractivity contribution in [2.24, 2.45) is 0 Å². The van der Waals surface area contributed by atoms with E-state index >= 15 is 0 Å². The fourth-order valence-electron chi connectivity index (χ4n) is 11.6. The Hall–Kier alpha value is -7.22. The summed E-state index contributed by atoms with van der Waals surface area (Å²) in [6.07, 6.45) is 0. The van der Waals surface area contributed by atoms with Crippen LogP contribution in [-0.4, -0.2) is 0 Å². The smallest absolute Gasteiger partial charge is 0.0720 e. The molecule has 12 rings (SSSR count). The lowest BCUT2D eigenvalue weighted by Gasteiger charge is -2.50. The summed E-state index contributed by atoms with van der Waals surface area (Å²) < 4.78 is 0. The van der Waals surface area contributed by atoms with Gasteiger partial charge in [0.2, 0.25) is 0 Å². The number of benzene rings is 9. The molecule has 1 nitrogen and oxygen atoms in total. The second-order valence-corrected chi connectivity index (χ2v) is 17.2. The molecule has 3 aliphatic rings. The quantitative estimate of drug-likeness (QED) is 0.169. The molecule has 0 radical (unpaired) electrons. The number of nitrogens with zero attached hydrogens (tertiary/aromatic N) is 1. The second-order valence-electron chi connectivity index (χ2n) is 17.2. The Morgan fingerprint density at radius 3 is 1.17 bits per heavy atom. The van der Waals surface area contributed by atoms with Crippen molar-refractivity contribution in [3.05, 3.63) is 280 Å². The summed E-state index contributed by atoms with van der Waals surface area (Å²) in [5, 5.41) is 0. The lowest BCUT2D eigenvalue weighted by molar-refractivity contribution is 0.623. The summed E-state index contributed by atoms with van der Waals surface area (Å²) in [5.41, 5.74) is 20.6. The first-order valence-electron chi connectivity index (χ1n) is 21.2. The zero-order valence-electron chi connectivity index (χ0n) is 33.8. The lowest BCUT2D eigenvalue weighted by Crippen LogP contribution is -2.44. The highest BCUT2D eigenvalue weighted by molar-refractivity contribution is 5.93. The number of hydrogen-bond acceptors (Lipinski definition) is 1. The molecule has 0 amide bonds. The minimum absolute atomic E-state index is 0.118. The van der Waals surface area contributed by atoms with Gasteiger partial charge in [0.1, 0.15) is 0 Å². The molecule has 1 heteroatoms. The normalized spacial score (nSPS) is 15.2. The van der Waals surface area contributed by atoms with Gasteiger partial charge in [0.15, 0.2) is 0 Å². The molecule has 0 heterocycles. The third kappa shape index (κ3) is 4.52. The van der Waals surface area contributed by atoms with Crippen molar-refractivity contribution in [2.45, 2.75) is 30.1 Å². The summed E-state index contributed by atoms with van der Waals surface area (Å²) in [6, 6.07) is 84.3. The van der Waals surface area contributed by atoms with Crippen molar-refractivity contribution < 1.29 is 0 Å². The third-order valence-electron chi connectivity index (χ3n) is 14.0. The molecule has 0 atom stereocenters. The summed E-state index contributed by atoms with van der Waals surface area (Å²) in [4.78, 5) is 2.47. The highest BCUT2D eigenvalue weighted by Crippen LogP contribution is 2.65. The average Bonchev–Trinajstić information content (AvgIpc) is 3.73. The van der Waals surface area contributed by atoms with E-state index in [1.165, 1.54) is 77.9 Å². The van der Waals surface area contributed by atoms with Gasteiger partial charge >= 0.3 is 0 Å². The predicted molar refractivity (Wildman–Crippen MR) is 248 cm³/mol. The first-order chi connectivity index (χ1) is 29.5. The Morgan fingerprint density at radius 2 is 0.633 bits per heavy atom. The standard InChI is InChI=1S/C59H43N/c1-57(2)49-28-14-12-26-45(49)47-36-34-43(38-55(47)57)60(42-24-10-5-11-25-42)44-35-37-48-46-27-13-15-29-50(46)59(56(48)39-44)53-32-18-16-30-51(53)58(40-20-6-3-7-21-40,41-22-8-4-9-23-41)52-31-17-19-33-54(52)59/h3-39H,1-2H3. The van der Waals surface area contributed by atoms with E-state index < -0.39 is 10.8 Å². The van der Waals surface area contributed by atoms with E-state index in [1.54, 1.807) is 0 Å². The first-order valence-corrected chi connectivity index (χ1v) is 21.2. The van der Waals surface area contributed by atoms with Gasteiger partial charge in [0.05, 0.1) is 10.8 Å². The molecule has 0 saturated heterocycles. The van der Waals surface area contributed by atoms with Gasteiger partial charge in [-0.25, -0.2) is 0 Å². The van der Waals surface area contributed by atoms with Crippen LogP contribution in [0.2, 0.25) is 0 Å². The molecule has 0 saturated carbocycles. The van der Waals surface area contributed by atoms with Gasteiger partial charge in [-0.3, -0.25) is 0 Å². The van der Waals surface area contributed by atoms with Gasteiger partial charge in [-0.05, 0) is 114 Å². The maximum atomic E-state index is 2.51. The van der Waals surface area contributed by atoms with Gasteiger partial charge < -0.3 is 4.90 Å². The van der Waals surface area contributed by atoms with Crippen molar-refractivity contribution >= 4 is 17.1 Å². The zero-order chi connectivity index (χ0) is 40.1. The fourth-order valence-corrected chi connectivity index (χ4v) is 11.6. The number of rotatable bonds is 5.